The molecule has 0 saturated carbocycles. The molecule has 4 aromatic rings. The zero-order valence-electron chi connectivity index (χ0n) is 19.4. The highest BCUT2D eigenvalue weighted by molar-refractivity contribution is 7.98. The van der Waals surface area contributed by atoms with E-state index in [1.54, 1.807) is 12.1 Å². The molecule has 0 amide bonds. The van der Waals surface area contributed by atoms with Crippen molar-refractivity contribution < 1.29 is 13.7 Å². The number of imidazole rings is 1. The van der Waals surface area contributed by atoms with Crippen LogP contribution in [0, 0.1) is 28.7 Å². The van der Waals surface area contributed by atoms with Gasteiger partial charge in [0.15, 0.2) is 5.16 Å². The van der Waals surface area contributed by atoms with Crippen LogP contribution in [0.4, 0.5) is 14.5 Å². The molecule has 5 nitrogen and oxygen atoms in total. The molecule has 0 bridgehead atoms. The first kappa shape index (κ1) is 24.5. The summed E-state index contributed by atoms with van der Waals surface area (Å²) < 4.78 is 30.3. The Morgan fingerprint density at radius 2 is 1.94 bits per heavy atom. The third-order valence-corrected chi connectivity index (χ3v) is 7.89. The van der Waals surface area contributed by atoms with E-state index in [1.807, 2.05) is 23.6 Å². The summed E-state index contributed by atoms with van der Waals surface area (Å²) in [6.45, 7) is 1.97. The zero-order chi connectivity index (χ0) is 25.4. The molecule has 0 saturated heterocycles. The van der Waals surface area contributed by atoms with Crippen LogP contribution in [0.3, 0.4) is 0 Å². The minimum atomic E-state index is -0.629. The lowest BCUT2D eigenvalue weighted by Gasteiger charge is -2.25. The maximum Gasteiger partial charge on any atom is 0.276 e. The Hall–Kier alpha value is -3.23. The molecule has 9 heteroatoms. The maximum atomic E-state index is 14.6. The molecule has 1 aliphatic rings. The first-order valence-electron chi connectivity index (χ1n) is 11.5. The number of benzene rings is 3. The third-order valence-electron chi connectivity index (χ3n) is 6.50. The van der Waals surface area contributed by atoms with Crippen LogP contribution in [0.15, 0.2) is 65.8 Å². The Balaban J connectivity index is 1.62. The summed E-state index contributed by atoms with van der Waals surface area (Å²) >= 11 is 7.51. The second kappa shape index (κ2) is 10.0. The molecule has 0 spiro atoms. The van der Waals surface area contributed by atoms with Gasteiger partial charge in [-0.15, -0.1) is 0 Å². The Bertz CT molecular complexity index is 1460. The normalized spacial score (nSPS) is 15.1. The van der Waals surface area contributed by atoms with Gasteiger partial charge in [0.25, 0.3) is 5.69 Å². The fourth-order valence-corrected chi connectivity index (χ4v) is 5.93. The van der Waals surface area contributed by atoms with Crippen LogP contribution in [0.25, 0.3) is 5.69 Å². The van der Waals surface area contributed by atoms with E-state index in [0.717, 1.165) is 47.5 Å². The molecule has 36 heavy (non-hydrogen) atoms. The fraction of sp³-hybridized carbons (Fsp3) is 0.222. The lowest BCUT2D eigenvalue weighted by Crippen LogP contribution is -2.15. The Morgan fingerprint density at radius 1 is 1.17 bits per heavy atom. The zero-order valence-corrected chi connectivity index (χ0v) is 21.0. The van der Waals surface area contributed by atoms with Crippen LogP contribution >= 0.6 is 23.4 Å². The van der Waals surface area contributed by atoms with Crippen molar-refractivity contribution in [3.8, 4) is 5.69 Å². The van der Waals surface area contributed by atoms with Crippen LogP contribution in [0.2, 0.25) is 5.02 Å². The van der Waals surface area contributed by atoms with Gasteiger partial charge in [0.1, 0.15) is 11.6 Å². The van der Waals surface area contributed by atoms with Gasteiger partial charge >= 0.3 is 0 Å². The molecular weight excluding hydrogens is 504 g/mol. The van der Waals surface area contributed by atoms with Crippen LogP contribution < -0.4 is 0 Å². The van der Waals surface area contributed by atoms with Crippen LogP contribution in [-0.4, -0.2) is 14.5 Å². The van der Waals surface area contributed by atoms with Crippen molar-refractivity contribution in [1.29, 1.82) is 0 Å². The maximum absolute atomic E-state index is 14.6. The summed E-state index contributed by atoms with van der Waals surface area (Å²) in [7, 11) is 0. The topological polar surface area (TPSA) is 61.0 Å². The average Bonchev–Trinajstić information content (AvgIpc) is 3.24. The van der Waals surface area contributed by atoms with Crippen molar-refractivity contribution in [1.82, 2.24) is 9.55 Å². The number of fused-ring (bicyclic) bond motifs is 1. The summed E-state index contributed by atoms with van der Waals surface area (Å²) in [6.07, 6.45) is 2.63. The molecular formula is C27H22ClF2N3O2S. The Morgan fingerprint density at radius 3 is 2.67 bits per heavy atom. The van der Waals surface area contributed by atoms with Crippen molar-refractivity contribution in [2.45, 2.75) is 43.0 Å². The molecule has 0 radical (unpaired) electrons. The first-order chi connectivity index (χ1) is 17.3. The van der Waals surface area contributed by atoms with Crippen molar-refractivity contribution in [3.63, 3.8) is 0 Å². The molecule has 3 aromatic carbocycles. The van der Waals surface area contributed by atoms with Crippen molar-refractivity contribution in [2.75, 3.05) is 0 Å². The van der Waals surface area contributed by atoms with E-state index in [0.29, 0.717) is 10.2 Å². The molecule has 0 aliphatic heterocycles. The van der Waals surface area contributed by atoms with Crippen molar-refractivity contribution >= 4 is 29.1 Å². The largest absolute Gasteiger partial charge is 0.291 e. The van der Waals surface area contributed by atoms with E-state index in [4.69, 9.17) is 16.6 Å². The van der Waals surface area contributed by atoms with E-state index >= 15 is 0 Å². The van der Waals surface area contributed by atoms with Crippen molar-refractivity contribution in [2.24, 2.45) is 0 Å². The number of aryl methyl sites for hydroxylation is 2. The number of halogens is 3. The Labute approximate surface area is 216 Å². The molecule has 1 aliphatic carbocycles. The number of thioether (sulfide) groups is 1. The van der Waals surface area contributed by atoms with Gasteiger partial charge in [-0.25, -0.2) is 13.8 Å². The van der Waals surface area contributed by atoms with Gasteiger partial charge in [-0.2, -0.15) is 0 Å². The van der Waals surface area contributed by atoms with E-state index < -0.39 is 10.7 Å². The monoisotopic (exact) mass is 525 g/mol. The van der Waals surface area contributed by atoms with Crippen LogP contribution in [-0.2, 0) is 12.2 Å². The second-order valence-corrected chi connectivity index (χ2v) is 10.1. The molecule has 0 fully saturated rings. The SMILES string of the molecule is Cc1cc(C2CCCc3nc(SCc4c(F)cccc4[N+](=O)[O-])n(-c4ccc(F)cc4)c32)ccc1Cl. The number of rotatable bonds is 6. The predicted octanol–water partition coefficient (Wildman–Crippen LogP) is 7.78. The summed E-state index contributed by atoms with van der Waals surface area (Å²) in [5, 5.41) is 12.8. The predicted molar refractivity (Wildman–Crippen MR) is 137 cm³/mol. The number of nitro groups is 1. The number of nitro benzene ring substituents is 1. The molecule has 5 rings (SSSR count). The number of hydrogen-bond acceptors (Lipinski definition) is 4. The van der Waals surface area contributed by atoms with Crippen LogP contribution in [0.5, 0.6) is 0 Å². The fourth-order valence-electron chi connectivity index (χ4n) is 4.75. The van der Waals surface area contributed by atoms with E-state index in [9.17, 15) is 18.9 Å². The summed E-state index contributed by atoms with van der Waals surface area (Å²) in [5.74, 6) is -0.908. The second-order valence-electron chi connectivity index (χ2n) is 8.77. The third kappa shape index (κ3) is 4.63. The first-order valence-corrected chi connectivity index (χ1v) is 12.9. The minimum Gasteiger partial charge on any atom is -0.291 e. The molecule has 0 N–H and O–H groups in total. The molecule has 1 aromatic heterocycles. The highest BCUT2D eigenvalue weighted by Crippen LogP contribution is 2.42. The standard InChI is InChI=1S/C27H22ClF2N3O2S/c1-16-14-17(8-13-22(16)28)20-4-2-6-24-26(20)32(19-11-9-18(29)10-12-19)27(31-24)36-15-21-23(30)5-3-7-25(21)33(34)35/h3,5,7-14,20H,2,4,6,15H2,1H3. The van der Waals surface area contributed by atoms with Gasteiger partial charge in [-0.05, 0) is 73.7 Å². The average molecular weight is 526 g/mol. The minimum absolute atomic E-state index is 0.0176. The summed E-state index contributed by atoms with van der Waals surface area (Å²) in [6, 6.07) is 16.0. The lowest BCUT2D eigenvalue weighted by atomic mass is 9.83. The summed E-state index contributed by atoms with van der Waals surface area (Å²) in [4.78, 5) is 15.8. The highest BCUT2D eigenvalue weighted by Gasteiger charge is 2.31. The smallest absolute Gasteiger partial charge is 0.276 e. The molecule has 1 heterocycles. The van der Waals surface area contributed by atoms with Gasteiger partial charge in [0.2, 0.25) is 0 Å². The quantitative estimate of drug-likeness (QED) is 0.146. The van der Waals surface area contributed by atoms with Gasteiger partial charge in [0, 0.05) is 28.4 Å². The molecule has 1 unspecified atom stereocenters. The van der Waals surface area contributed by atoms with Crippen molar-refractivity contribution in [3.05, 3.63) is 116 Å². The van der Waals surface area contributed by atoms with E-state index in [1.165, 1.54) is 42.1 Å². The van der Waals surface area contributed by atoms with Crippen LogP contribution in [0.1, 0.15) is 46.8 Å². The number of hydrogen-bond donors (Lipinski definition) is 0. The number of aromatic nitrogens is 2. The lowest BCUT2D eigenvalue weighted by molar-refractivity contribution is -0.385. The van der Waals surface area contributed by atoms with Gasteiger partial charge < -0.3 is 0 Å². The Kier molecular flexibility index (Phi) is 6.81. The van der Waals surface area contributed by atoms with E-state index in [-0.39, 0.29) is 28.7 Å². The summed E-state index contributed by atoms with van der Waals surface area (Å²) in [5.41, 5.74) is 4.51. The molecule has 184 valence electrons. The van der Waals surface area contributed by atoms with Gasteiger partial charge in [0.05, 0.1) is 21.9 Å². The number of nitrogens with zero attached hydrogens (tertiary/aromatic N) is 3. The van der Waals surface area contributed by atoms with Gasteiger partial charge in [-0.3, -0.25) is 14.7 Å². The van der Waals surface area contributed by atoms with Gasteiger partial charge in [-0.1, -0.05) is 41.6 Å². The molecule has 1 atom stereocenters. The highest BCUT2D eigenvalue weighted by atomic mass is 35.5. The van der Waals surface area contributed by atoms with E-state index in [2.05, 4.69) is 6.07 Å².